The van der Waals surface area contributed by atoms with Crippen LogP contribution in [-0.4, -0.2) is 16.8 Å². The lowest BCUT2D eigenvalue weighted by molar-refractivity contribution is 0.0951. The van der Waals surface area contributed by atoms with E-state index in [1.54, 1.807) is 12.4 Å². The van der Waals surface area contributed by atoms with Gasteiger partial charge >= 0.3 is 0 Å². The Morgan fingerprint density at radius 2 is 1.88 bits per heavy atom. The van der Waals surface area contributed by atoms with E-state index in [0.29, 0.717) is 27.0 Å². The van der Waals surface area contributed by atoms with Crippen LogP contribution < -0.4 is 10.6 Å². The van der Waals surface area contributed by atoms with Gasteiger partial charge in [0.2, 0.25) is 0 Å². The summed E-state index contributed by atoms with van der Waals surface area (Å²) in [6, 6.07) is 11.4. The molecule has 3 heterocycles. The van der Waals surface area contributed by atoms with Crippen LogP contribution in [0.4, 0.5) is 5.00 Å². The highest BCUT2D eigenvalue weighted by atomic mass is 35.5. The van der Waals surface area contributed by atoms with Crippen LogP contribution in [0.5, 0.6) is 0 Å². The van der Waals surface area contributed by atoms with Gasteiger partial charge in [-0.05, 0) is 48.9 Å². The predicted molar refractivity (Wildman–Crippen MR) is 131 cm³/mol. The molecule has 5 rings (SSSR count). The minimum absolute atomic E-state index is 0.175. The maximum atomic E-state index is 13.2. The number of aryl methyl sites for hydroxylation is 1. The number of hydrogen-bond acceptors (Lipinski definition) is 5. The zero-order chi connectivity index (χ0) is 22.1. The molecule has 8 heteroatoms. The Bertz CT molecular complexity index is 1310. The van der Waals surface area contributed by atoms with Crippen molar-refractivity contribution in [2.24, 2.45) is 0 Å². The first-order chi connectivity index (χ1) is 15.6. The molecule has 2 N–H and O–H groups in total. The monoisotopic (exact) mass is 481 g/mol. The molecule has 0 atom stereocenters. The summed E-state index contributed by atoms with van der Waals surface area (Å²) in [5.41, 5.74) is 2.56. The van der Waals surface area contributed by atoms with Gasteiger partial charge in [0.15, 0.2) is 0 Å². The molecule has 0 bridgehead atoms. The van der Waals surface area contributed by atoms with Gasteiger partial charge in [0.25, 0.3) is 11.8 Å². The Morgan fingerprint density at radius 1 is 1.03 bits per heavy atom. The Hall–Kier alpha value is -2.74. The molecule has 1 aromatic carbocycles. The number of rotatable bonds is 5. The van der Waals surface area contributed by atoms with E-state index in [1.807, 2.05) is 36.4 Å². The number of halogens is 1. The Balaban J connectivity index is 1.44. The van der Waals surface area contributed by atoms with Crippen molar-refractivity contribution >= 4 is 61.2 Å². The minimum Gasteiger partial charge on any atom is -0.348 e. The number of benzene rings is 1. The summed E-state index contributed by atoms with van der Waals surface area (Å²) in [7, 11) is 0. The fraction of sp³-hybridized carbons (Fsp3) is 0.208. The van der Waals surface area contributed by atoms with E-state index in [4.69, 9.17) is 11.6 Å². The zero-order valence-corrected chi connectivity index (χ0v) is 19.5. The number of aromatic nitrogens is 1. The van der Waals surface area contributed by atoms with Crippen molar-refractivity contribution in [2.75, 3.05) is 5.32 Å². The standard InChI is InChI=1S/C24H20ClN3O2S2/c25-20-16-8-2-4-10-18(16)31-21(20)23(30)28-24-19(15-7-1-3-9-17(15)32-24)22(29)27-13-14-6-5-11-26-12-14/h2,4-6,8,10-12H,1,3,7,9,13H2,(H,27,29)(H,28,30). The quantitative estimate of drug-likeness (QED) is 0.363. The van der Waals surface area contributed by atoms with Crippen LogP contribution in [0, 0.1) is 0 Å². The predicted octanol–water partition coefficient (Wildman–Crippen LogP) is 6.07. The lowest BCUT2D eigenvalue weighted by Crippen LogP contribution is -2.25. The van der Waals surface area contributed by atoms with E-state index in [2.05, 4.69) is 15.6 Å². The van der Waals surface area contributed by atoms with E-state index in [9.17, 15) is 9.59 Å². The topological polar surface area (TPSA) is 71.1 Å². The molecule has 1 aliphatic rings. The maximum absolute atomic E-state index is 13.2. The van der Waals surface area contributed by atoms with Gasteiger partial charge in [0.1, 0.15) is 9.88 Å². The number of nitrogens with zero attached hydrogens (tertiary/aromatic N) is 1. The summed E-state index contributed by atoms with van der Waals surface area (Å²) in [4.78, 5) is 32.1. The highest BCUT2D eigenvalue weighted by molar-refractivity contribution is 7.22. The second kappa shape index (κ2) is 9.02. The minimum atomic E-state index is -0.281. The van der Waals surface area contributed by atoms with Gasteiger partial charge in [-0.15, -0.1) is 22.7 Å². The first kappa shape index (κ1) is 21.1. The Kier molecular flexibility index (Phi) is 5.95. The van der Waals surface area contributed by atoms with Gasteiger partial charge in [-0.1, -0.05) is 35.9 Å². The number of anilines is 1. The van der Waals surface area contributed by atoms with Gasteiger partial charge in [-0.2, -0.15) is 0 Å². The van der Waals surface area contributed by atoms with Crippen molar-refractivity contribution in [3.63, 3.8) is 0 Å². The van der Waals surface area contributed by atoms with Crippen molar-refractivity contribution in [3.05, 3.63) is 80.3 Å². The van der Waals surface area contributed by atoms with Crippen molar-refractivity contribution in [1.82, 2.24) is 10.3 Å². The molecule has 1 aliphatic carbocycles. The molecule has 0 fully saturated rings. The van der Waals surface area contributed by atoms with Crippen LogP contribution in [0.1, 0.15) is 48.9 Å². The number of hydrogen-bond donors (Lipinski definition) is 2. The second-order valence-corrected chi connectivity index (χ2v) is 10.2. The molecule has 4 aromatic rings. The van der Waals surface area contributed by atoms with E-state index in [1.165, 1.54) is 27.6 Å². The van der Waals surface area contributed by atoms with Crippen molar-refractivity contribution in [1.29, 1.82) is 0 Å². The SMILES string of the molecule is O=C(Nc1sc2c(c1C(=O)NCc1cccnc1)CCCC2)c1sc2ccccc2c1Cl. The van der Waals surface area contributed by atoms with Crippen LogP contribution in [0.25, 0.3) is 10.1 Å². The molecule has 5 nitrogen and oxygen atoms in total. The summed E-state index contributed by atoms with van der Waals surface area (Å²) >= 11 is 9.37. The van der Waals surface area contributed by atoms with Crippen LogP contribution in [0.3, 0.4) is 0 Å². The highest BCUT2D eigenvalue weighted by Crippen LogP contribution is 2.40. The summed E-state index contributed by atoms with van der Waals surface area (Å²) < 4.78 is 0.961. The fourth-order valence-electron chi connectivity index (χ4n) is 3.99. The van der Waals surface area contributed by atoms with Gasteiger partial charge in [-0.25, -0.2) is 0 Å². The number of thiophene rings is 2. The maximum Gasteiger partial charge on any atom is 0.267 e. The molecule has 0 radical (unpaired) electrons. The normalized spacial score (nSPS) is 13.0. The number of nitrogens with one attached hydrogen (secondary N) is 2. The van der Waals surface area contributed by atoms with Crippen LogP contribution >= 0.6 is 34.3 Å². The zero-order valence-electron chi connectivity index (χ0n) is 17.1. The molecular weight excluding hydrogens is 462 g/mol. The summed E-state index contributed by atoms with van der Waals surface area (Å²) in [5.74, 6) is -0.456. The molecule has 0 saturated heterocycles. The fourth-order valence-corrected chi connectivity index (χ4v) is 6.68. The third-order valence-electron chi connectivity index (χ3n) is 5.54. The van der Waals surface area contributed by atoms with Crippen molar-refractivity contribution in [3.8, 4) is 0 Å². The van der Waals surface area contributed by atoms with Crippen molar-refractivity contribution < 1.29 is 9.59 Å². The second-order valence-electron chi connectivity index (χ2n) is 7.65. The molecule has 0 unspecified atom stereocenters. The van der Waals surface area contributed by atoms with Gasteiger partial charge in [0, 0.05) is 33.9 Å². The number of amides is 2. The number of carbonyl (C=O) groups is 2. The molecule has 2 amide bonds. The third-order valence-corrected chi connectivity index (χ3v) is 8.42. The lowest BCUT2D eigenvalue weighted by Gasteiger charge is -2.13. The summed E-state index contributed by atoms with van der Waals surface area (Å²) in [5, 5.41) is 7.90. The van der Waals surface area contributed by atoms with Gasteiger partial charge < -0.3 is 10.6 Å². The molecular formula is C24H20ClN3O2S2. The Labute approximate surface area is 198 Å². The average molecular weight is 482 g/mol. The molecule has 0 aliphatic heterocycles. The molecule has 3 aromatic heterocycles. The molecule has 0 saturated carbocycles. The van der Waals surface area contributed by atoms with Crippen molar-refractivity contribution in [2.45, 2.75) is 32.2 Å². The van der Waals surface area contributed by atoms with E-state index in [-0.39, 0.29) is 11.8 Å². The smallest absolute Gasteiger partial charge is 0.267 e. The Morgan fingerprint density at radius 3 is 2.69 bits per heavy atom. The summed E-state index contributed by atoms with van der Waals surface area (Å²) in [6.45, 7) is 0.382. The average Bonchev–Trinajstić information content (AvgIpc) is 3.36. The van der Waals surface area contributed by atoms with E-state index < -0.39 is 0 Å². The highest BCUT2D eigenvalue weighted by Gasteiger charge is 2.27. The number of pyridine rings is 1. The largest absolute Gasteiger partial charge is 0.348 e. The number of fused-ring (bicyclic) bond motifs is 2. The first-order valence-corrected chi connectivity index (χ1v) is 12.4. The van der Waals surface area contributed by atoms with Gasteiger partial charge in [-0.3, -0.25) is 14.6 Å². The lowest BCUT2D eigenvalue weighted by atomic mass is 9.95. The molecule has 0 spiro atoms. The van der Waals surface area contributed by atoms with Crippen LogP contribution in [0.2, 0.25) is 5.02 Å². The van der Waals surface area contributed by atoms with Gasteiger partial charge in [0.05, 0.1) is 10.6 Å². The summed E-state index contributed by atoms with van der Waals surface area (Å²) in [6.07, 6.45) is 7.36. The first-order valence-electron chi connectivity index (χ1n) is 10.4. The van der Waals surface area contributed by atoms with E-state index >= 15 is 0 Å². The molecule has 162 valence electrons. The van der Waals surface area contributed by atoms with Crippen LogP contribution in [-0.2, 0) is 19.4 Å². The number of carbonyl (C=O) groups excluding carboxylic acids is 2. The third kappa shape index (κ3) is 4.03. The van der Waals surface area contributed by atoms with E-state index in [0.717, 1.165) is 46.9 Å². The van der Waals surface area contributed by atoms with Crippen LogP contribution in [0.15, 0.2) is 48.8 Å². The molecule has 32 heavy (non-hydrogen) atoms.